The summed E-state index contributed by atoms with van der Waals surface area (Å²) >= 11 is 0. The summed E-state index contributed by atoms with van der Waals surface area (Å²) in [7, 11) is 0. The van der Waals surface area contributed by atoms with E-state index in [1.807, 2.05) is 25.1 Å². The van der Waals surface area contributed by atoms with Crippen LogP contribution in [0.1, 0.15) is 55.3 Å². The molecule has 0 bridgehead atoms. The van der Waals surface area contributed by atoms with Crippen LogP contribution in [0.3, 0.4) is 0 Å². The second-order valence-corrected chi connectivity index (χ2v) is 8.03. The molecular weight excluding hydrogens is 394 g/mol. The largest absolute Gasteiger partial charge is 0.507 e. The van der Waals surface area contributed by atoms with E-state index in [9.17, 15) is 14.7 Å². The van der Waals surface area contributed by atoms with Gasteiger partial charge in [-0.25, -0.2) is 0 Å². The highest BCUT2D eigenvalue weighted by Crippen LogP contribution is 2.43. The van der Waals surface area contributed by atoms with E-state index in [0.717, 1.165) is 31.2 Å². The van der Waals surface area contributed by atoms with Crippen molar-refractivity contribution in [3.05, 3.63) is 64.7 Å². The van der Waals surface area contributed by atoms with Crippen molar-refractivity contribution in [2.75, 3.05) is 13.3 Å². The smallest absolute Gasteiger partial charge is 0.295 e. The first-order valence-electron chi connectivity index (χ1n) is 10.8. The summed E-state index contributed by atoms with van der Waals surface area (Å²) in [6, 6.07) is 12.0. The molecule has 162 valence electrons. The van der Waals surface area contributed by atoms with Crippen LogP contribution in [-0.4, -0.2) is 35.0 Å². The zero-order valence-electron chi connectivity index (χ0n) is 17.9. The van der Waals surface area contributed by atoms with Gasteiger partial charge in [-0.2, -0.15) is 0 Å². The highest BCUT2D eigenvalue weighted by Gasteiger charge is 2.46. The number of ketones is 1. The van der Waals surface area contributed by atoms with Crippen LogP contribution in [0.2, 0.25) is 0 Å². The van der Waals surface area contributed by atoms with Gasteiger partial charge in [-0.05, 0) is 31.0 Å². The molecule has 2 aromatic carbocycles. The number of aliphatic hydroxyl groups is 1. The van der Waals surface area contributed by atoms with Crippen molar-refractivity contribution < 1.29 is 24.2 Å². The highest BCUT2D eigenvalue weighted by molar-refractivity contribution is 6.46. The van der Waals surface area contributed by atoms with Gasteiger partial charge in [-0.3, -0.25) is 9.59 Å². The van der Waals surface area contributed by atoms with Crippen molar-refractivity contribution >= 4 is 17.4 Å². The predicted molar refractivity (Wildman–Crippen MR) is 117 cm³/mol. The average Bonchev–Trinajstić information content (AvgIpc) is 3.34. The molecule has 1 fully saturated rings. The van der Waals surface area contributed by atoms with E-state index < -0.39 is 17.7 Å². The second kappa shape index (κ2) is 8.84. The van der Waals surface area contributed by atoms with Crippen molar-refractivity contribution in [1.29, 1.82) is 0 Å². The molecule has 0 aliphatic carbocycles. The first-order chi connectivity index (χ1) is 15.0. The fourth-order valence-electron chi connectivity index (χ4n) is 4.12. The van der Waals surface area contributed by atoms with E-state index >= 15 is 0 Å². The summed E-state index contributed by atoms with van der Waals surface area (Å²) in [5.74, 6) is -0.187. The molecule has 1 unspecified atom stereocenters. The van der Waals surface area contributed by atoms with E-state index in [1.165, 1.54) is 0 Å². The highest BCUT2D eigenvalue weighted by atomic mass is 16.7. The van der Waals surface area contributed by atoms with Crippen molar-refractivity contribution in [3.63, 3.8) is 0 Å². The number of aryl methyl sites for hydroxylation is 1. The minimum Gasteiger partial charge on any atom is -0.507 e. The first-order valence-corrected chi connectivity index (χ1v) is 10.8. The summed E-state index contributed by atoms with van der Waals surface area (Å²) in [4.78, 5) is 27.6. The lowest BCUT2D eigenvalue weighted by Gasteiger charge is -2.25. The van der Waals surface area contributed by atoms with Crippen LogP contribution < -0.4 is 9.47 Å². The van der Waals surface area contributed by atoms with E-state index in [0.29, 0.717) is 29.2 Å². The minimum atomic E-state index is -0.669. The Hall–Kier alpha value is -3.28. The van der Waals surface area contributed by atoms with E-state index in [2.05, 4.69) is 6.92 Å². The molecule has 1 amide bonds. The second-order valence-electron chi connectivity index (χ2n) is 8.03. The summed E-state index contributed by atoms with van der Waals surface area (Å²) in [6.45, 7) is 4.67. The Morgan fingerprint density at radius 2 is 1.77 bits per heavy atom. The number of likely N-dealkylation sites (tertiary alicyclic amines) is 1. The van der Waals surface area contributed by atoms with Crippen LogP contribution in [0, 0.1) is 6.92 Å². The molecular formula is C25H27NO5. The van der Waals surface area contributed by atoms with E-state index in [4.69, 9.17) is 9.47 Å². The number of rotatable bonds is 7. The molecule has 1 atom stereocenters. The lowest BCUT2D eigenvalue weighted by Crippen LogP contribution is -2.30. The normalized spacial score (nSPS) is 19.3. The number of aliphatic hydroxyl groups excluding tert-OH is 1. The molecule has 2 aliphatic heterocycles. The van der Waals surface area contributed by atoms with Gasteiger partial charge in [-0.1, -0.05) is 62.1 Å². The molecule has 2 aliphatic rings. The number of benzene rings is 2. The molecule has 6 heteroatoms. The molecule has 2 aromatic rings. The van der Waals surface area contributed by atoms with Crippen molar-refractivity contribution in [2.45, 2.75) is 45.6 Å². The minimum absolute atomic E-state index is 0.114. The summed E-state index contributed by atoms with van der Waals surface area (Å²) in [5.41, 5.74) is 2.39. The molecule has 0 radical (unpaired) electrons. The number of unbranched alkanes of at least 4 members (excludes halogenated alkanes) is 3. The molecule has 0 saturated carbocycles. The third kappa shape index (κ3) is 4.02. The maximum absolute atomic E-state index is 13.0. The molecule has 4 rings (SSSR count). The summed E-state index contributed by atoms with van der Waals surface area (Å²) < 4.78 is 10.9. The number of hydrogen-bond donors (Lipinski definition) is 1. The topological polar surface area (TPSA) is 76.1 Å². The van der Waals surface area contributed by atoms with Gasteiger partial charge in [0.2, 0.25) is 6.79 Å². The first kappa shape index (κ1) is 21.0. The molecule has 6 nitrogen and oxygen atoms in total. The fraction of sp³-hybridized carbons (Fsp3) is 0.360. The van der Waals surface area contributed by atoms with Crippen molar-refractivity contribution in [1.82, 2.24) is 4.90 Å². The van der Waals surface area contributed by atoms with E-state index in [1.54, 1.807) is 29.2 Å². The maximum Gasteiger partial charge on any atom is 0.295 e. The Balaban J connectivity index is 1.77. The van der Waals surface area contributed by atoms with Gasteiger partial charge in [0, 0.05) is 12.1 Å². The number of carbonyl (C=O) groups excluding carboxylic acids is 2. The SMILES string of the molecule is CCCCCCN1C(=O)C(=O)/C(=C(/O)c2ccc(C)cc2)C1c1ccc2c(c1)OCO2. The molecule has 31 heavy (non-hydrogen) atoms. The van der Waals surface area contributed by atoms with Crippen LogP contribution in [0.4, 0.5) is 0 Å². The summed E-state index contributed by atoms with van der Waals surface area (Å²) in [5, 5.41) is 11.1. The molecule has 1 N–H and O–H groups in total. The van der Waals surface area contributed by atoms with Gasteiger partial charge in [0.1, 0.15) is 5.76 Å². The molecule has 2 heterocycles. The van der Waals surface area contributed by atoms with Gasteiger partial charge >= 0.3 is 0 Å². The van der Waals surface area contributed by atoms with Crippen LogP contribution in [-0.2, 0) is 9.59 Å². The summed E-state index contributed by atoms with van der Waals surface area (Å²) in [6.07, 6.45) is 3.93. The molecule has 0 aromatic heterocycles. The van der Waals surface area contributed by atoms with Crippen LogP contribution in [0.5, 0.6) is 11.5 Å². The number of amides is 1. The monoisotopic (exact) mass is 421 g/mol. The van der Waals surface area contributed by atoms with Crippen LogP contribution >= 0.6 is 0 Å². The van der Waals surface area contributed by atoms with E-state index in [-0.39, 0.29) is 18.1 Å². The van der Waals surface area contributed by atoms with Crippen LogP contribution in [0.15, 0.2) is 48.0 Å². The number of Topliss-reactive ketones (excluding diaryl/α,β-unsaturated/α-hetero) is 1. The van der Waals surface area contributed by atoms with Gasteiger partial charge < -0.3 is 19.5 Å². The number of nitrogens with zero attached hydrogens (tertiary/aromatic N) is 1. The Morgan fingerprint density at radius 3 is 2.52 bits per heavy atom. The number of ether oxygens (including phenoxy) is 2. The average molecular weight is 421 g/mol. The van der Waals surface area contributed by atoms with Gasteiger partial charge in [0.25, 0.3) is 11.7 Å². The number of fused-ring (bicyclic) bond motifs is 1. The van der Waals surface area contributed by atoms with Crippen molar-refractivity contribution in [2.24, 2.45) is 0 Å². The zero-order chi connectivity index (χ0) is 22.0. The Labute approximate surface area is 182 Å². The zero-order valence-corrected chi connectivity index (χ0v) is 17.9. The fourth-order valence-corrected chi connectivity index (χ4v) is 4.12. The number of hydrogen-bond acceptors (Lipinski definition) is 5. The Morgan fingerprint density at radius 1 is 1.03 bits per heavy atom. The van der Waals surface area contributed by atoms with Crippen molar-refractivity contribution in [3.8, 4) is 11.5 Å². The lowest BCUT2D eigenvalue weighted by atomic mass is 9.94. The van der Waals surface area contributed by atoms with Gasteiger partial charge in [-0.15, -0.1) is 0 Å². The molecule has 1 saturated heterocycles. The van der Waals surface area contributed by atoms with Gasteiger partial charge in [0.05, 0.1) is 11.6 Å². The lowest BCUT2D eigenvalue weighted by molar-refractivity contribution is -0.139. The quantitative estimate of drug-likeness (QED) is 0.303. The maximum atomic E-state index is 13.0. The van der Waals surface area contributed by atoms with Gasteiger partial charge in [0.15, 0.2) is 11.5 Å². The Kier molecular flexibility index (Phi) is 5.98. The third-order valence-electron chi connectivity index (χ3n) is 5.83. The predicted octanol–water partition coefficient (Wildman–Crippen LogP) is 4.73. The Bertz CT molecular complexity index is 1020. The number of carbonyl (C=O) groups is 2. The molecule has 0 spiro atoms. The standard InChI is InChI=1S/C25H27NO5/c1-3-4-5-6-13-26-22(18-11-12-19-20(14-18)31-15-30-19)21(24(28)25(26)29)23(27)17-9-7-16(2)8-10-17/h7-12,14,22,27H,3-6,13,15H2,1-2H3/b23-21+. The third-order valence-corrected chi connectivity index (χ3v) is 5.83. The van der Waals surface area contributed by atoms with Crippen LogP contribution in [0.25, 0.3) is 5.76 Å².